The van der Waals surface area contributed by atoms with Crippen LogP contribution < -0.4 is 0 Å². The molecule has 0 rings (SSSR count). The predicted molar refractivity (Wildman–Crippen MR) is 242 cm³/mol. The van der Waals surface area contributed by atoms with Crippen molar-refractivity contribution in [1.29, 1.82) is 0 Å². The summed E-state index contributed by atoms with van der Waals surface area (Å²) in [6.07, 6.45) is 45.6. The van der Waals surface area contributed by atoms with Crippen molar-refractivity contribution in [3.8, 4) is 0 Å². The molecule has 0 saturated heterocycles. The third-order valence-electron chi connectivity index (χ3n) is 10.6. The summed E-state index contributed by atoms with van der Waals surface area (Å²) in [6, 6.07) is 0. The molecular formula is C48H91O10P. The highest BCUT2D eigenvalue weighted by molar-refractivity contribution is 7.47. The summed E-state index contributed by atoms with van der Waals surface area (Å²) >= 11 is 0. The van der Waals surface area contributed by atoms with Gasteiger partial charge in [0.15, 0.2) is 6.10 Å². The van der Waals surface area contributed by atoms with E-state index < -0.39 is 51.8 Å². The van der Waals surface area contributed by atoms with Gasteiger partial charge in [-0.3, -0.25) is 18.6 Å². The van der Waals surface area contributed by atoms with Crippen molar-refractivity contribution in [1.82, 2.24) is 0 Å². The van der Waals surface area contributed by atoms with E-state index in [9.17, 15) is 24.2 Å². The summed E-state index contributed by atoms with van der Waals surface area (Å²) in [4.78, 5) is 35.1. The van der Waals surface area contributed by atoms with Gasteiger partial charge >= 0.3 is 19.8 Å². The second-order valence-electron chi connectivity index (χ2n) is 16.5. The monoisotopic (exact) mass is 859 g/mol. The van der Waals surface area contributed by atoms with Gasteiger partial charge in [0.1, 0.15) is 12.7 Å². The molecule has 0 aromatic heterocycles. The van der Waals surface area contributed by atoms with Crippen LogP contribution in [-0.4, -0.2) is 65.7 Å². The molecule has 10 nitrogen and oxygen atoms in total. The Labute approximate surface area is 361 Å². The van der Waals surface area contributed by atoms with E-state index in [-0.39, 0.29) is 19.4 Å². The van der Waals surface area contributed by atoms with Crippen molar-refractivity contribution in [2.24, 2.45) is 0 Å². The van der Waals surface area contributed by atoms with Gasteiger partial charge in [-0.05, 0) is 44.9 Å². The maximum absolute atomic E-state index is 12.7. The average Bonchev–Trinajstić information content (AvgIpc) is 3.22. The summed E-state index contributed by atoms with van der Waals surface area (Å²) in [6.45, 7) is 2.39. The number of rotatable bonds is 46. The number of allylic oxidation sites excluding steroid dienone is 4. The summed E-state index contributed by atoms with van der Waals surface area (Å²) < 4.78 is 32.8. The van der Waals surface area contributed by atoms with Crippen LogP contribution in [0.5, 0.6) is 0 Å². The van der Waals surface area contributed by atoms with Gasteiger partial charge in [-0.2, -0.15) is 0 Å². The fourth-order valence-electron chi connectivity index (χ4n) is 6.85. The largest absolute Gasteiger partial charge is 0.472 e. The summed E-state index contributed by atoms with van der Waals surface area (Å²) in [5.41, 5.74) is 0. The van der Waals surface area contributed by atoms with Crippen molar-refractivity contribution in [2.45, 2.75) is 244 Å². The number of hydrogen-bond donors (Lipinski definition) is 3. The molecule has 0 aliphatic rings. The van der Waals surface area contributed by atoms with E-state index in [1.807, 2.05) is 0 Å². The van der Waals surface area contributed by atoms with Crippen LogP contribution in [0, 0.1) is 0 Å². The number of unbranched alkanes of at least 4 members (excludes halogenated alkanes) is 28. The molecule has 0 aromatic rings. The van der Waals surface area contributed by atoms with Gasteiger partial charge in [-0.1, -0.05) is 199 Å². The third-order valence-corrected chi connectivity index (χ3v) is 11.6. The molecule has 0 saturated carbocycles. The molecule has 3 atom stereocenters. The van der Waals surface area contributed by atoms with Crippen LogP contribution in [0.25, 0.3) is 0 Å². The number of phosphoric ester groups is 1. The molecule has 0 heterocycles. The van der Waals surface area contributed by atoms with E-state index in [0.717, 1.165) is 51.4 Å². The SMILES string of the molecule is CCCCC/C=C\C/C=C\CCCCCCCCCCCC(=O)O[C@H](COC(=O)CCCCCCCCCCCCCCCCCCC)COP(=O)(O)OC[C@@H](O)CO. The maximum Gasteiger partial charge on any atom is 0.472 e. The first kappa shape index (κ1) is 57.4. The van der Waals surface area contributed by atoms with Crippen molar-refractivity contribution in [3.05, 3.63) is 24.3 Å². The summed E-state index contributed by atoms with van der Waals surface area (Å²) in [5, 5.41) is 18.4. The predicted octanol–water partition coefficient (Wildman–Crippen LogP) is 13.3. The van der Waals surface area contributed by atoms with Crippen LogP contribution in [0.4, 0.5) is 0 Å². The van der Waals surface area contributed by atoms with Gasteiger partial charge < -0.3 is 24.6 Å². The Morgan fingerprint density at radius 2 is 0.881 bits per heavy atom. The van der Waals surface area contributed by atoms with Crippen LogP contribution in [0.3, 0.4) is 0 Å². The van der Waals surface area contributed by atoms with Crippen LogP contribution in [0.15, 0.2) is 24.3 Å². The van der Waals surface area contributed by atoms with Crippen LogP contribution in [0.2, 0.25) is 0 Å². The lowest BCUT2D eigenvalue weighted by Crippen LogP contribution is -2.29. The van der Waals surface area contributed by atoms with Crippen LogP contribution >= 0.6 is 7.82 Å². The number of aliphatic hydroxyl groups is 2. The van der Waals surface area contributed by atoms with E-state index in [0.29, 0.717) is 12.8 Å². The molecule has 0 aliphatic heterocycles. The molecule has 1 unspecified atom stereocenters. The van der Waals surface area contributed by atoms with Gasteiger partial charge in [0, 0.05) is 12.8 Å². The quantitative estimate of drug-likeness (QED) is 0.0234. The van der Waals surface area contributed by atoms with Crippen LogP contribution in [0.1, 0.15) is 232 Å². The first-order chi connectivity index (χ1) is 28.7. The zero-order chi connectivity index (χ0) is 43.3. The van der Waals surface area contributed by atoms with Gasteiger partial charge in [-0.15, -0.1) is 0 Å². The molecule has 0 radical (unpaired) electrons. The third kappa shape index (κ3) is 44.3. The van der Waals surface area contributed by atoms with Gasteiger partial charge in [-0.25, -0.2) is 4.57 Å². The highest BCUT2D eigenvalue weighted by Gasteiger charge is 2.27. The fraction of sp³-hybridized carbons (Fsp3) is 0.875. The Morgan fingerprint density at radius 1 is 0.508 bits per heavy atom. The van der Waals surface area contributed by atoms with Crippen molar-refractivity contribution >= 4 is 19.8 Å². The lowest BCUT2D eigenvalue weighted by Gasteiger charge is -2.20. The summed E-state index contributed by atoms with van der Waals surface area (Å²) in [5.74, 6) is -0.918. The topological polar surface area (TPSA) is 149 Å². The number of aliphatic hydroxyl groups excluding tert-OH is 2. The van der Waals surface area contributed by atoms with E-state index in [1.165, 1.54) is 141 Å². The zero-order valence-electron chi connectivity index (χ0n) is 38.0. The fourth-order valence-corrected chi connectivity index (χ4v) is 7.64. The molecule has 0 amide bonds. The molecule has 0 bridgehead atoms. The average molecular weight is 859 g/mol. The minimum atomic E-state index is -4.62. The van der Waals surface area contributed by atoms with E-state index >= 15 is 0 Å². The second kappa shape index (κ2) is 44.5. The molecule has 3 N–H and O–H groups in total. The van der Waals surface area contributed by atoms with Gasteiger partial charge in [0.2, 0.25) is 0 Å². The molecule has 11 heteroatoms. The molecule has 0 aliphatic carbocycles. The summed E-state index contributed by atoms with van der Waals surface area (Å²) in [7, 11) is -4.62. The second-order valence-corrected chi connectivity index (χ2v) is 17.9. The first-order valence-electron chi connectivity index (χ1n) is 24.3. The Morgan fingerprint density at radius 3 is 1.34 bits per heavy atom. The molecule has 0 aromatic carbocycles. The number of ether oxygens (including phenoxy) is 2. The van der Waals surface area contributed by atoms with Gasteiger partial charge in [0.05, 0.1) is 19.8 Å². The highest BCUT2D eigenvalue weighted by Crippen LogP contribution is 2.43. The molecule has 0 fully saturated rings. The van der Waals surface area contributed by atoms with Crippen molar-refractivity contribution in [3.63, 3.8) is 0 Å². The number of hydrogen-bond acceptors (Lipinski definition) is 9. The Balaban J connectivity index is 4.20. The van der Waals surface area contributed by atoms with E-state index in [1.54, 1.807) is 0 Å². The number of esters is 2. The lowest BCUT2D eigenvalue weighted by atomic mass is 10.0. The molecule has 59 heavy (non-hydrogen) atoms. The van der Waals surface area contributed by atoms with Crippen molar-refractivity contribution in [2.75, 3.05) is 26.4 Å². The normalized spacial score (nSPS) is 13.9. The standard InChI is InChI=1S/C48H91O10P/c1-3-5-7-9-11-13-15-17-19-21-22-24-26-28-30-32-34-36-38-40-48(52)58-46(44-57-59(53,54)56-42-45(50)41-49)43-55-47(51)39-37-35-33-31-29-27-25-23-20-18-16-14-12-10-8-6-4-2/h11,13,17,19,45-46,49-50H,3-10,12,14-16,18,20-44H2,1-2H3,(H,53,54)/b13-11-,19-17-/t45-,46+/m0/s1. The smallest absolute Gasteiger partial charge is 0.462 e. The lowest BCUT2D eigenvalue weighted by molar-refractivity contribution is -0.161. The minimum absolute atomic E-state index is 0.182. The first-order valence-corrected chi connectivity index (χ1v) is 25.8. The number of carbonyl (C=O) groups is 2. The van der Waals surface area contributed by atoms with Gasteiger partial charge in [0.25, 0.3) is 0 Å². The Kier molecular flexibility index (Phi) is 43.3. The molecule has 0 spiro atoms. The molecule has 348 valence electrons. The zero-order valence-corrected chi connectivity index (χ0v) is 38.9. The van der Waals surface area contributed by atoms with Crippen LogP contribution in [-0.2, 0) is 32.7 Å². The van der Waals surface area contributed by atoms with E-state index in [4.69, 9.17) is 23.6 Å². The van der Waals surface area contributed by atoms with E-state index in [2.05, 4.69) is 38.2 Å². The number of carbonyl (C=O) groups excluding carboxylic acids is 2. The van der Waals surface area contributed by atoms with Crippen molar-refractivity contribution < 1.29 is 47.8 Å². The number of phosphoric acid groups is 1. The Bertz CT molecular complexity index is 1040. The Hall–Kier alpha value is -1.55. The minimum Gasteiger partial charge on any atom is -0.462 e. The molecular weight excluding hydrogens is 767 g/mol. The highest BCUT2D eigenvalue weighted by atomic mass is 31.2. The maximum atomic E-state index is 12.7.